The molecule has 3 aliphatic rings. The highest BCUT2D eigenvalue weighted by Gasteiger charge is 2.35. The Bertz CT molecular complexity index is 794. The van der Waals surface area contributed by atoms with Gasteiger partial charge in [0.05, 0.1) is 19.8 Å². The van der Waals surface area contributed by atoms with Crippen molar-refractivity contribution in [3.8, 4) is 0 Å². The Morgan fingerprint density at radius 3 is 2.48 bits per heavy atom. The predicted octanol–water partition coefficient (Wildman–Crippen LogP) is 2.58. The van der Waals surface area contributed by atoms with Crippen LogP contribution in [0.4, 0.5) is 0 Å². The smallest absolute Gasteiger partial charge is 0.252 e. The second kappa shape index (κ2) is 10.3. The Balaban J connectivity index is 0.00000240. The van der Waals surface area contributed by atoms with Crippen LogP contribution in [-0.4, -0.2) is 70.0 Å². The van der Waals surface area contributed by atoms with Crippen molar-refractivity contribution in [2.75, 3.05) is 46.4 Å². The molecule has 3 fully saturated rings. The number of nitrogens with one attached hydrogen (secondary N) is 1. The lowest BCUT2D eigenvalue weighted by Crippen LogP contribution is -2.40. The average molecular weight is 555 g/mol. The molecule has 4 rings (SSSR count). The van der Waals surface area contributed by atoms with Crippen molar-refractivity contribution in [1.82, 2.24) is 14.5 Å². The van der Waals surface area contributed by atoms with Crippen LogP contribution in [0.25, 0.3) is 0 Å². The van der Waals surface area contributed by atoms with Gasteiger partial charge >= 0.3 is 0 Å². The first-order valence-corrected chi connectivity index (χ1v) is 12.5. The Hall–Kier alpha value is -0.430. The van der Waals surface area contributed by atoms with Gasteiger partial charge in [0.15, 0.2) is 5.96 Å². The topological polar surface area (TPSA) is 74.2 Å². The molecule has 0 aromatic carbocycles. The molecule has 10 heteroatoms. The first kappa shape index (κ1) is 23.2. The Kier molecular flexibility index (Phi) is 8.22. The molecular formula is C19H31IN4O3S2. The monoisotopic (exact) mass is 554 g/mol. The summed E-state index contributed by atoms with van der Waals surface area (Å²) in [5.41, 5.74) is 0. The highest BCUT2D eigenvalue weighted by molar-refractivity contribution is 14.0. The lowest BCUT2D eigenvalue weighted by Gasteiger charge is -2.25. The summed E-state index contributed by atoms with van der Waals surface area (Å²) in [6.45, 7) is 4.56. The lowest BCUT2D eigenvalue weighted by molar-refractivity contribution is 0.0731. The van der Waals surface area contributed by atoms with Crippen molar-refractivity contribution in [1.29, 1.82) is 0 Å². The Morgan fingerprint density at radius 2 is 1.86 bits per heavy atom. The summed E-state index contributed by atoms with van der Waals surface area (Å²) in [5, 5.41) is 3.44. The summed E-state index contributed by atoms with van der Waals surface area (Å²) in [6, 6.07) is 3.63. The van der Waals surface area contributed by atoms with Crippen LogP contribution in [0.5, 0.6) is 0 Å². The minimum atomic E-state index is -3.41. The van der Waals surface area contributed by atoms with Gasteiger partial charge < -0.3 is 15.0 Å². The third-order valence-corrected chi connectivity index (χ3v) is 9.56. The predicted molar refractivity (Wildman–Crippen MR) is 127 cm³/mol. The molecule has 29 heavy (non-hydrogen) atoms. The molecular weight excluding hydrogens is 523 g/mol. The number of halogens is 1. The summed E-state index contributed by atoms with van der Waals surface area (Å²) in [6.07, 6.45) is 5.39. The fourth-order valence-electron chi connectivity index (χ4n) is 4.58. The van der Waals surface area contributed by atoms with E-state index < -0.39 is 10.0 Å². The van der Waals surface area contributed by atoms with E-state index in [0.717, 1.165) is 35.8 Å². The van der Waals surface area contributed by atoms with Crippen LogP contribution < -0.4 is 5.32 Å². The minimum Gasteiger partial charge on any atom is -0.379 e. The average Bonchev–Trinajstić information content (AvgIpc) is 3.36. The van der Waals surface area contributed by atoms with Gasteiger partial charge in [-0.25, -0.2) is 8.42 Å². The molecule has 7 nitrogen and oxygen atoms in total. The molecule has 2 unspecified atom stereocenters. The van der Waals surface area contributed by atoms with E-state index in [2.05, 4.69) is 15.2 Å². The number of morpholine rings is 1. The van der Waals surface area contributed by atoms with Crippen LogP contribution in [0.15, 0.2) is 21.3 Å². The van der Waals surface area contributed by atoms with Gasteiger partial charge in [-0.3, -0.25) is 4.99 Å². The molecule has 0 bridgehead atoms. The molecule has 0 spiro atoms. The number of ether oxygens (including phenoxy) is 1. The summed E-state index contributed by atoms with van der Waals surface area (Å²) in [4.78, 5) is 7.85. The Morgan fingerprint density at radius 1 is 1.21 bits per heavy atom. The van der Waals surface area contributed by atoms with Crippen LogP contribution in [0.1, 0.15) is 30.6 Å². The molecule has 164 valence electrons. The third kappa shape index (κ3) is 5.25. The van der Waals surface area contributed by atoms with Crippen LogP contribution in [-0.2, 0) is 21.3 Å². The van der Waals surface area contributed by atoms with Gasteiger partial charge in [0.2, 0.25) is 0 Å². The van der Waals surface area contributed by atoms with Crippen molar-refractivity contribution in [2.24, 2.45) is 16.8 Å². The maximum absolute atomic E-state index is 12.8. The van der Waals surface area contributed by atoms with Crippen LogP contribution in [0, 0.1) is 11.8 Å². The molecule has 1 aromatic rings. The first-order chi connectivity index (χ1) is 13.6. The molecule has 0 radical (unpaired) electrons. The van der Waals surface area contributed by atoms with E-state index in [0.29, 0.717) is 37.1 Å². The van der Waals surface area contributed by atoms with E-state index in [1.807, 2.05) is 13.1 Å². The van der Waals surface area contributed by atoms with Crippen molar-refractivity contribution in [2.45, 2.75) is 36.4 Å². The summed E-state index contributed by atoms with van der Waals surface area (Å²) >= 11 is 1.34. The molecule has 1 aromatic heterocycles. The lowest BCUT2D eigenvalue weighted by atomic mass is 9.82. The second-order valence-electron chi connectivity index (χ2n) is 7.85. The number of fused-ring (bicyclic) bond motifs is 1. The quantitative estimate of drug-likeness (QED) is 0.352. The van der Waals surface area contributed by atoms with Crippen molar-refractivity contribution in [3.05, 3.63) is 17.0 Å². The number of hydrogen-bond acceptors (Lipinski definition) is 5. The number of likely N-dealkylation sites (tertiary alicyclic amines) is 1. The van der Waals surface area contributed by atoms with Crippen molar-refractivity contribution in [3.63, 3.8) is 0 Å². The number of aliphatic imine (C=N–C) groups is 1. The minimum absolute atomic E-state index is 0. The SMILES string of the molecule is CN=C(NCc1ccc(S(=O)(=O)N2CCOCC2)s1)N1CC2CCCCC2C1.I. The first-order valence-electron chi connectivity index (χ1n) is 10.2. The van der Waals surface area contributed by atoms with Crippen LogP contribution in [0.3, 0.4) is 0 Å². The van der Waals surface area contributed by atoms with Gasteiger partial charge in [0, 0.05) is 38.1 Å². The largest absolute Gasteiger partial charge is 0.379 e. The number of rotatable bonds is 4. The van der Waals surface area contributed by atoms with E-state index in [-0.39, 0.29) is 24.0 Å². The molecule has 1 saturated carbocycles. The van der Waals surface area contributed by atoms with E-state index in [1.54, 1.807) is 6.07 Å². The van der Waals surface area contributed by atoms with Crippen LogP contribution >= 0.6 is 35.3 Å². The number of guanidine groups is 1. The van der Waals surface area contributed by atoms with Crippen LogP contribution in [0.2, 0.25) is 0 Å². The molecule has 2 atom stereocenters. The van der Waals surface area contributed by atoms with Gasteiger partial charge in [-0.1, -0.05) is 12.8 Å². The van der Waals surface area contributed by atoms with E-state index in [9.17, 15) is 8.42 Å². The summed E-state index contributed by atoms with van der Waals surface area (Å²) < 4.78 is 32.7. The van der Waals surface area contributed by atoms with E-state index in [4.69, 9.17) is 4.74 Å². The Labute approximate surface area is 195 Å². The fraction of sp³-hybridized carbons (Fsp3) is 0.737. The molecule has 2 saturated heterocycles. The maximum atomic E-state index is 12.8. The fourth-order valence-corrected chi connectivity index (χ4v) is 7.44. The van der Waals surface area contributed by atoms with Gasteiger partial charge in [-0.2, -0.15) is 4.31 Å². The standard InChI is InChI=1S/C19H30N4O3S2.HI/c1-20-19(22-13-15-4-2-3-5-16(15)14-22)21-12-17-6-7-18(27-17)28(24,25)23-8-10-26-11-9-23;/h6-7,15-16H,2-5,8-14H2,1H3,(H,20,21);1H. The van der Waals surface area contributed by atoms with Gasteiger partial charge in [-0.15, -0.1) is 35.3 Å². The molecule has 0 amide bonds. The number of sulfonamides is 1. The number of hydrogen-bond donors (Lipinski definition) is 1. The summed E-state index contributed by atoms with van der Waals surface area (Å²) in [7, 11) is -1.59. The zero-order chi connectivity index (χ0) is 19.6. The second-order valence-corrected chi connectivity index (χ2v) is 11.2. The summed E-state index contributed by atoms with van der Waals surface area (Å²) in [5.74, 6) is 2.54. The molecule has 1 aliphatic carbocycles. The molecule has 1 N–H and O–H groups in total. The van der Waals surface area contributed by atoms with Gasteiger partial charge in [0.25, 0.3) is 10.0 Å². The van der Waals surface area contributed by atoms with Crippen molar-refractivity contribution < 1.29 is 13.2 Å². The highest BCUT2D eigenvalue weighted by Crippen LogP contribution is 2.36. The van der Waals surface area contributed by atoms with Gasteiger partial charge in [-0.05, 0) is 36.8 Å². The number of nitrogens with zero attached hydrogens (tertiary/aromatic N) is 3. The zero-order valence-electron chi connectivity index (χ0n) is 16.9. The normalized spacial score (nSPS) is 26.1. The highest BCUT2D eigenvalue weighted by atomic mass is 127. The van der Waals surface area contributed by atoms with E-state index >= 15 is 0 Å². The van der Waals surface area contributed by atoms with Gasteiger partial charge in [0.1, 0.15) is 4.21 Å². The molecule has 2 aliphatic heterocycles. The maximum Gasteiger partial charge on any atom is 0.252 e. The molecule has 3 heterocycles. The zero-order valence-corrected chi connectivity index (χ0v) is 20.8. The van der Waals surface area contributed by atoms with Crippen molar-refractivity contribution >= 4 is 51.3 Å². The third-order valence-electron chi connectivity index (χ3n) is 6.11. The van der Waals surface area contributed by atoms with E-state index in [1.165, 1.54) is 41.3 Å². The number of thiophene rings is 1.